The average molecular weight is 331 g/mol. The Morgan fingerprint density at radius 1 is 1.32 bits per heavy atom. The number of benzene rings is 1. The Morgan fingerprint density at radius 3 is 2.91 bits per heavy atom. The van der Waals surface area contributed by atoms with Crippen molar-refractivity contribution in [3.8, 4) is 10.6 Å². The second-order valence-electron chi connectivity index (χ2n) is 5.18. The first-order valence-corrected chi connectivity index (χ1v) is 8.50. The fraction of sp³-hybridized carbons (Fsp3) is 0.200. The third-order valence-corrected chi connectivity index (χ3v) is 5.96. The van der Waals surface area contributed by atoms with E-state index >= 15 is 0 Å². The van der Waals surface area contributed by atoms with Gasteiger partial charge in [-0.1, -0.05) is 12.1 Å². The molecule has 0 unspecified atom stereocenters. The third-order valence-electron chi connectivity index (χ3n) is 3.86. The molecule has 3 aromatic rings. The molecule has 112 valence electrons. The molecule has 0 bridgehead atoms. The number of para-hydroxylation sites is 1. The first kappa shape index (κ1) is 13.5. The molecule has 1 amide bonds. The van der Waals surface area contributed by atoms with E-state index < -0.39 is 6.09 Å². The van der Waals surface area contributed by atoms with Gasteiger partial charge in [-0.2, -0.15) is 0 Å². The van der Waals surface area contributed by atoms with Gasteiger partial charge in [0.2, 0.25) is 0 Å². The Bertz CT molecular complexity index is 851. The lowest BCUT2D eigenvalue weighted by Gasteiger charge is -2.24. The van der Waals surface area contributed by atoms with Crippen molar-refractivity contribution in [2.24, 2.45) is 0 Å². The van der Waals surface area contributed by atoms with Crippen LogP contribution in [-0.2, 0) is 13.0 Å². The fourth-order valence-corrected chi connectivity index (χ4v) is 5.05. The summed E-state index contributed by atoms with van der Waals surface area (Å²) in [5, 5.41) is 10.8. The van der Waals surface area contributed by atoms with Crippen LogP contribution in [0.25, 0.3) is 20.8 Å². The maximum absolute atomic E-state index is 11.1. The molecule has 1 aliphatic rings. The number of fused-ring (bicyclic) bond motifs is 2. The number of hydrogen-bond acceptors (Lipinski definition) is 5. The van der Waals surface area contributed by atoms with E-state index in [2.05, 4.69) is 6.07 Å². The zero-order valence-corrected chi connectivity index (χ0v) is 13.2. The highest BCUT2D eigenvalue weighted by Crippen LogP contribution is 2.43. The summed E-state index contributed by atoms with van der Waals surface area (Å²) in [5.41, 5.74) is 9.36. The maximum Gasteiger partial charge on any atom is 0.407 e. The number of carbonyl (C=O) groups is 1. The smallest absolute Gasteiger partial charge is 0.407 e. The first-order valence-electron chi connectivity index (χ1n) is 6.87. The Morgan fingerprint density at radius 2 is 2.14 bits per heavy atom. The quantitative estimate of drug-likeness (QED) is 0.713. The van der Waals surface area contributed by atoms with Gasteiger partial charge in [0.05, 0.1) is 21.8 Å². The molecule has 3 N–H and O–H groups in total. The van der Waals surface area contributed by atoms with Gasteiger partial charge >= 0.3 is 6.09 Å². The zero-order valence-electron chi connectivity index (χ0n) is 11.6. The molecule has 5 nitrogen and oxygen atoms in total. The van der Waals surface area contributed by atoms with Gasteiger partial charge in [-0.3, -0.25) is 0 Å². The van der Waals surface area contributed by atoms with Gasteiger partial charge in [0, 0.05) is 17.0 Å². The first-order chi connectivity index (χ1) is 10.6. The molecular weight excluding hydrogens is 318 g/mol. The molecule has 3 heterocycles. The molecule has 0 fully saturated rings. The molecule has 0 aliphatic carbocycles. The second-order valence-corrected chi connectivity index (χ2v) is 7.35. The van der Waals surface area contributed by atoms with Crippen LogP contribution in [0.2, 0.25) is 0 Å². The van der Waals surface area contributed by atoms with Crippen molar-refractivity contribution in [3.63, 3.8) is 0 Å². The molecule has 22 heavy (non-hydrogen) atoms. The van der Waals surface area contributed by atoms with Crippen molar-refractivity contribution in [2.75, 3.05) is 12.3 Å². The van der Waals surface area contributed by atoms with Crippen LogP contribution in [0.3, 0.4) is 0 Å². The van der Waals surface area contributed by atoms with Crippen LogP contribution in [0.15, 0.2) is 24.3 Å². The number of nitrogens with two attached hydrogens (primary N) is 1. The molecule has 0 radical (unpaired) electrons. The van der Waals surface area contributed by atoms with Crippen molar-refractivity contribution >= 4 is 44.0 Å². The van der Waals surface area contributed by atoms with Crippen LogP contribution in [0.5, 0.6) is 0 Å². The minimum atomic E-state index is -0.876. The molecule has 0 saturated carbocycles. The van der Waals surface area contributed by atoms with Crippen LogP contribution < -0.4 is 5.73 Å². The zero-order chi connectivity index (χ0) is 15.3. The highest BCUT2D eigenvalue weighted by molar-refractivity contribution is 7.22. The van der Waals surface area contributed by atoms with E-state index in [9.17, 15) is 4.79 Å². The summed E-state index contributed by atoms with van der Waals surface area (Å²) in [6.07, 6.45) is -0.181. The van der Waals surface area contributed by atoms with Crippen molar-refractivity contribution in [3.05, 3.63) is 34.7 Å². The van der Waals surface area contributed by atoms with Crippen LogP contribution in [0.1, 0.15) is 10.4 Å². The lowest BCUT2D eigenvalue weighted by molar-refractivity contribution is 0.140. The molecule has 0 saturated heterocycles. The van der Waals surface area contributed by atoms with E-state index in [4.69, 9.17) is 15.8 Å². The number of thiazole rings is 1. The number of aromatic nitrogens is 1. The Labute approximate surface area is 134 Å². The largest absolute Gasteiger partial charge is 0.465 e. The summed E-state index contributed by atoms with van der Waals surface area (Å²) < 4.78 is 1.14. The highest BCUT2D eigenvalue weighted by Gasteiger charge is 2.27. The van der Waals surface area contributed by atoms with Gasteiger partial charge in [-0.05, 0) is 24.1 Å². The molecule has 1 aromatic carbocycles. The van der Waals surface area contributed by atoms with Gasteiger partial charge in [0.25, 0.3) is 0 Å². The minimum absolute atomic E-state index is 0.421. The lowest BCUT2D eigenvalue weighted by atomic mass is 10.0. The Balaban J connectivity index is 1.81. The Hall–Kier alpha value is -2.12. The Kier molecular flexibility index (Phi) is 3.05. The number of rotatable bonds is 1. The predicted molar refractivity (Wildman–Crippen MR) is 89.5 cm³/mol. The van der Waals surface area contributed by atoms with E-state index in [0.717, 1.165) is 30.7 Å². The van der Waals surface area contributed by atoms with Crippen molar-refractivity contribution < 1.29 is 9.90 Å². The number of thiophene rings is 1. The molecule has 7 heteroatoms. The van der Waals surface area contributed by atoms with Crippen molar-refractivity contribution in [1.82, 2.24) is 9.88 Å². The number of nitrogens with zero attached hydrogens (tertiary/aromatic N) is 2. The van der Waals surface area contributed by atoms with Crippen molar-refractivity contribution in [1.29, 1.82) is 0 Å². The topological polar surface area (TPSA) is 79.5 Å². The number of hydrogen-bond donors (Lipinski definition) is 2. The number of nitrogen functional groups attached to an aromatic ring is 1. The predicted octanol–water partition coefficient (Wildman–Crippen LogP) is 3.64. The summed E-state index contributed by atoms with van der Waals surface area (Å²) in [7, 11) is 0. The SMILES string of the molecule is Nc1sc2c(c1-c1nc3ccccc3s1)CCN(C(=O)O)C2. The van der Waals surface area contributed by atoms with E-state index in [1.54, 1.807) is 11.3 Å². The van der Waals surface area contributed by atoms with Gasteiger partial charge < -0.3 is 15.7 Å². The second kappa shape index (κ2) is 4.96. The number of anilines is 1. The van der Waals surface area contributed by atoms with Gasteiger partial charge in [0.1, 0.15) is 5.01 Å². The summed E-state index contributed by atoms with van der Waals surface area (Å²) in [6, 6.07) is 8.03. The summed E-state index contributed by atoms with van der Waals surface area (Å²) >= 11 is 3.12. The summed E-state index contributed by atoms with van der Waals surface area (Å²) in [5.74, 6) is 0. The molecule has 1 aliphatic heterocycles. The maximum atomic E-state index is 11.1. The minimum Gasteiger partial charge on any atom is -0.465 e. The number of carboxylic acid groups (broad SMARTS) is 1. The highest BCUT2D eigenvalue weighted by atomic mass is 32.1. The standard InChI is InChI=1S/C15H13N3O2S2/c16-13-12(14-17-9-3-1-2-4-10(9)22-14)8-5-6-18(15(19)20)7-11(8)21-13/h1-4H,5-7,16H2,(H,19,20). The fourth-order valence-electron chi connectivity index (χ4n) is 2.80. The molecule has 4 rings (SSSR count). The van der Waals surface area contributed by atoms with E-state index in [1.165, 1.54) is 21.8 Å². The van der Waals surface area contributed by atoms with E-state index in [0.29, 0.717) is 19.5 Å². The molecule has 2 aromatic heterocycles. The van der Waals surface area contributed by atoms with Crippen LogP contribution in [0, 0.1) is 0 Å². The lowest BCUT2D eigenvalue weighted by Crippen LogP contribution is -2.34. The van der Waals surface area contributed by atoms with Gasteiger partial charge in [-0.25, -0.2) is 9.78 Å². The monoisotopic (exact) mass is 331 g/mol. The normalized spacial score (nSPS) is 14.3. The average Bonchev–Trinajstić information content (AvgIpc) is 3.05. The van der Waals surface area contributed by atoms with Crippen LogP contribution >= 0.6 is 22.7 Å². The number of amides is 1. The van der Waals surface area contributed by atoms with Crippen molar-refractivity contribution in [2.45, 2.75) is 13.0 Å². The molecule has 0 atom stereocenters. The van der Waals surface area contributed by atoms with Crippen LogP contribution in [0.4, 0.5) is 9.80 Å². The van der Waals surface area contributed by atoms with Gasteiger partial charge in [0.15, 0.2) is 0 Å². The van der Waals surface area contributed by atoms with E-state index in [1.807, 2.05) is 18.2 Å². The van der Waals surface area contributed by atoms with Gasteiger partial charge in [-0.15, -0.1) is 22.7 Å². The molecule has 0 spiro atoms. The third kappa shape index (κ3) is 2.05. The summed E-state index contributed by atoms with van der Waals surface area (Å²) in [6.45, 7) is 0.931. The molecular formula is C15H13N3O2S2. The van der Waals surface area contributed by atoms with E-state index in [-0.39, 0.29) is 0 Å². The summed E-state index contributed by atoms with van der Waals surface area (Å²) in [4.78, 5) is 18.3. The van der Waals surface area contributed by atoms with Crippen LogP contribution in [-0.4, -0.2) is 27.6 Å².